The molecule has 0 atom stereocenters. The Morgan fingerprint density at radius 2 is 1.95 bits per heavy atom. The second-order valence-corrected chi connectivity index (χ2v) is 5.09. The van der Waals surface area contributed by atoms with Crippen LogP contribution in [-0.4, -0.2) is 33.2 Å². The molecule has 2 N–H and O–H groups in total. The molecular formula is C17H29N3O. The van der Waals surface area contributed by atoms with E-state index in [0.29, 0.717) is 0 Å². The molecule has 4 nitrogen and oxygen atoms in total. The SMILES string of the molecule is CCCCCCNC(=NC)NCCc1cccc(OC)c1. The van der Waals surface area contributed by atoms with Gasteiger partial charge in [-0.1, -0.05) is 38.3 Å². The average Bonchev–Trinajstić information content (AvgIpc) is 2.53. The van der Waals surface area contributed by atoms with Crippen molar-refractivity contribution in [2.75, 3.05) is 27.2 Å². The Morgan fingerprint density at radius 3 is 2.67 bits per heavy atom. The monoisotopic (exact) mass is 291 g/mol. The van der Waals surface area contributed by atoms with Crippen LogP contribution in [0.1, 0.15) is 38.2 Å². The first-order valence-electron chi connectivity index (χ1n) is 7.87. The minimum Gasteiger partial charge on any atom is -0.497 e. The van der Waals surface area contributed by atoms with E-state index in [1.165, 1.54) is 31.2 Å². The standard InChI is InChI=1S/C17H29N3O/c1-4-5-6-7-12-19-17(18-2)20-13-11-15-9-8-10-16(14-15)21-3/h8-10,14H,4-7,11-13H2,1-3H3,(H2,18,19,20). The summed E-state index contributed by atoms with van der Waals surface area (Å²) >= 11 is 0. The molecule has 1 aromatic carbocycles. The van der Waals surface area contributed by atoms with Crippen LogP contribution in [0, 0.1) is 0 Å². The van der Waals surface area contributed by atoms with Crippen molar-refractivity contribution in [1.29, 1.82) is 0 Å². The third-order valence-corrected chi connectivity index (χ3v) is 3.39. The minimum absolute atomic E-state index is 0.863. The van der Waals surface area contributed by atoms with E-state index in [4.69, 9.17) is 4.74 Å². The molecular weight excluding hydrogens is 262 g/mol. The first-order valence-corrected chi connectivity index (χ1v) is 7.87. The molecule has 4 heteroatoms. The largest absolute Gasteiger partial charge is 0.497 e. The van der Waals surface area contributed by atoms with Gasteiger partial charge in [0.15, 0.2) is 5.96 Å². The number of unbranched alkanes of at least 4 members (excludes halogenated alkanes) is 3. The van der Waals surface area contributed by atoms with Crippen LogP contribution in [0.3, 0.4) is 0 Å². The smallest absolute Gasteiger partial charge is 0.190 e. The average molecular weight is 291 g/mol. The Morgan fingerprint density at radius 1 is 1.14 bits per heavy atom. The molecule has 0 aromatic heterocycles. The van der Waals surface area contributed by atoms with E-state index in [2.05, 4.69) is 34.7 Å². The van der Waals surface area contributed by atoms with E-state index in [9.17, 15) is 0 Å². The van der Waals surface area contributed by atoms with Crippen LogP contribution in [0.2, 0.25) is 0 Å². The van der Waals surface area contributed by atoms with Gasteiger partial charge in [-0.2, -0.15) is 0 Å². The summed E-state index contributed by atoms with van der Waals surface area (Å²) in [6.07, 6.45) is 6.01. The van der Waals surface area contributed by atoms with Crippen LogP contribution in [0.5, 0.6) is 5.75 Å². The highest BCUT2D eigenvalue weighted by Crippen LogP contribution is 2.12. The molecule has 118 valence electrons. The second-order valence-electron chi connectivity index (χ2n) is 5.09. The zero-order valence-corrected chi connectivity index (χ0v) is 13.6. The van der Waals surface area contributed by atoms with E-state index in [1.54, 1.807) is 7.11 Å². The first-order chi connectivity index (χ1) is 10.3. The molecule has 0 unspecified atom stereocenters. The van der Waals surface area contributed by atoms with Crippen molar-refractivity contribution in [2.24, 2.45) is 4.99 Å². The van der Waals surface area contributed by atoms with Crippen LogP contribution in [0.15, 0.2) is 29.3 Å². The Hall–Kier alpha value is -1.71. The van der Waals surface area contributed by atoms with Gasteiger partial charge in [0.1, 0.15) is 5.75 Å². The van der Waals surface area contributed by atoms with Crippen molar-refractivity contribution < 1.29 is 4.74 Å². The minimum atomic E-state index is 0.863. The highest BCUT2D eigenvalue weighted by atomic mass is 16.5. The fraction of sp³-hybridized carbons (Fsp3) is 0.588. The van der Waals surface area contributed by atoms with E-state index < -0.39 is 0 Å². The lowest BCUT2D eigenvalue weighted by atomic mass is 10.1. The molecule has 1 aromatic rings. The fourth-order valence-electron chi connectivity index (χ4n) is 2.13. The van der Waals surface area contributed by atoms with Crippen LogP contribution in [0.25, 0.3) is 0 Å². The molecule has 0 saturated carbocycles. The summed E-state index contributed by atoms with van der Waals surface area (Å²) in [4.78, 5) is 4.24. The lowest BCUT2D eigenvalue weighted by Crippen LogP contribution is -2.38. The van der Waals surface area contributed by atoms with Gasteiger partial charge in [0.2, 0.25) is 0 Å². The maximum Gasteiger partial charge on any atom is 0.190 e. The fourth-order valence-corrected chi connectivity index (χ4v) is 2.13. The van der Waals surface area contributed by atoms with Crippen molar-refractivity contribution in [3.63, 3.8) is 0 Å². The third-order valence-electron chi connectivity index (χ3n) is 3.39. The van der Waals surface area contributed by atoms with Crippen LogP contribution < -0.4 is 15.4 Å². The number of ether oxygens (including phenoxy) is 1. The van der Waals surface area contributed by atoms with E-state index >= 15 is 0 Å². The van der Waals surface area contributed by atoms with Crippen molar-refractivity contribution >= 4 is 5.96 Å². The molecule has 0 bridgehead atoms. The van der Waals surface area contributed by atoms with Crippen molar-refractivity contribution in [3.8, 4) is 5.75 Å². The van der Waals surface area contributed by atoms with Gasteiger partial charge in [-0.05, 0) is 30.5 Å². The van der Waals surface area contributed by atoms with Gasteiger partial charge in [0.25, 0.3) is 0 Å². The summed E-state index contributed by atoms with van der Waals surface area (Å²) < 4.78 is 5.23. The number of guanidine groups is 1. The number of nitrogens with zero attached hydrogens (tertiary/aromatic N) is 1. The molecule has 0 heterocycles. The molecule has 0 amide bonds. The molecule has 0 saturated heterocycles. The van der Waals surface area contributed by atoms with E-state index in [1.807, 2.05) is 19.2 Å². The second kappa shape index (κ2) is 11.0. The lowest BCUT2D eigenvalue weighted by molar-refractivity contribution is 0.414. The van der Waals surface area contributed by atoms with Gasteiger partial charge in [-0.3, -0.25) is 4.99 Å². The number of nitrogens with one attached hydrogen (secondary N) is 2. The summed E-state index contributed by atoms with van der Waals surface area (Å²) in [6, 6.07) is 8.18. The molecule has 0 radical (unpaired) electrons. The highest BCUT2D eigenvalue weighted by molar-refractivity contribution is 5.79. The predicted octanol–water partition coefficient (Wildman–Crippen LogP) is 2.98. The normalized spacial score (nSPS) is 11.3. The zero-order chi connectivity index (χ0) is 15.3. The molecule has 21 heavy (non-hydrogen) atoms. The molecule has 0 aliphatic carbocycles. The Kier molecular flexibility index (Phi) is 9.09. The summed E-state index contributed by atoms with van der Waals surface area (Å²) in [5.41, 5.74) is 1.26. The predicted molar refractivity (Wildman–Crippen MR) is 90.2 cm³/mol. The Labute approximate surface area is 129 Å². The van der Waals surface area contributed by atoms with Gasteiger partial charge < -0.3 is 15.4 Å². The highest BCUT2D eigenvalue weighted by Gasteiger charge is 1.99. The van der Waals surface area contributed by atoms with Crippen LogP contribution in [0.4, 0.5) is 0 Å². The number of hydrogen-bond donors (Lipinski definition) is 2. The van der Waals surface area contributed by atoms with Crippen LogP contribution >= 0.6 is 0 Å². The van der Waals surface area contributed by atoms with Crippen molar-refractivity contribution in [2.45, 2.75) is 39.0 Å². The summed E-state index contributed by atoms with van der Waals surface area (Å²) in [5, 5.41) is 6.70. The number of rotatable bonds is 9. The third kappa shape index (κ3) is 7.59. The number of methoxy groups -OCH3 is 1. The quantitative estimate of drug-likeness (QED) is 0.418. The summed E-state index contributed by atoms with van der Waals surface area (Å²) in [7, 11) is 3.51. The topological polar surface area (TPSA) is 45.7 Å². The molecule has 0 aliphatic heterocycles. The Bertz CT molecular complexity index is 418. The van der Waals surface area contributed by atoms with Gasteiger partial charge in [0.05, 0.1) is 7.11 Å². The lowest BCUT2D eigenvalue weighted by Gasteiger charge is -2.12. The molecule has 1 rings (SSSR count). The van der Waals surface area contributed by atoms with Gasteiger partial charge in [0, 0.05) is 20.1 Å². The number of aliphatic imine (C=N–C) groups is 1. The summed E-state index contributed by atoms with van der Waals surface area (Å²) in [5.74, 6) is 1.79. The van der Waals surface area contributed by atoms with Gasteiger partial charge >= 0.3 is 0 Å². The van der Waals surface area contributed by atoms with Crippen molar-refractivity contribution in [3.05, 3.63) is 29.8 Å². The maximum atomic E-state index is 5.23. The van der Waals surface area contributed by atoms with Crippen molar-refractivity contribution in [1.82, 2.24) is 10.6 Å². The van der Waals surface area contributed by atoms with Crippen LogP contribution in [-0.2, 0) is 6.42 Å². The van der Waals surface area contributed by atoms with E-state index in [0.717, 1.165) is 31.2 Å². The van der Waals surface area contributed by atoms with E-state index in [-0.39, 0.29) is 0 Å². The molecule has 0 aliphatic rings. The number of benzene rings is 1. The molecule has 0 fully saturated rings. The zero-order valence-electron chi connectivity index (χ0n) is 13.6. The number of hydrogen-bond acceptors (Lipinski definition) is 2. The Balaban J connectivity index is 2.22. The van der Waals surface area contributed by atoms with Gasteiger partial charge in [-0.25, -0.2) is 0 Å². The van der Waals surface area contributed by atoms with Gasteiger partial charge in [-0.15, -0.1) is 0 Å². The maximum absolute atomic E-state index is 5.23. The summed E-state index contributed by atoms with van der Waals surface area (Å²) in [6.45, 7) is 4.08. The first kappa shape index (κ1) is 17.3. The molecule has 0 spiro atoms.